The fraction of sp³-hybridized carbons (Fsp3) is 0.111. The molecule has 0 aromatic heterocycles. The Morgan fingerprint density at radius 1 is 1.00 bits per heavy atom. The average Bonchev–Trinajstić information content (AvgIpc) is 2.24. The Hall–Kier alpha value is -1.18. The van der Waals surface area contributed by atoms with Crippen LogP contribution in [0.15, 0.2) is 35.7 Å². The van der Waals surface area contributed by atoms with Crippen LogP contribution in [0.25, 0.3) is 4.91 Å². The summed E-state index contributed by atoms with van der Waals surface area (Å²) >= 11 is 0. The SMILES string of the molecule is O=S1(=O)C=C(c2ccccc2)S(=O)(=O)CN1. The van der Waals surface area contributed by atoms with E-state index in [2.05, 4.69) is 0 Å². The fourth-order valence-corrected chi connectivity index (χ4v) is 4.74. The average molecular weight is 259 g/mol. The second-order valence-corrected chi connectivity index (χ2v) is 6.87. The van der Waals surface area contributed by atoms with Gasteiger partial charge in [0.25, 0.3) is 0 Å². The predicted octanol–water partition coefficient (Wildman–Crippen LogP) is 0.290. The zero-order valence-corrected chi connectivity index (χ0v) is 9.75. The lowest BCUT2D eigenvalue weighted by atomic mass is 10.2. The van der Waals surface area contributed by atoms with Gasteiger partial charge in [0.15, 0.2) is 9.84 Å². The van der Waals surface area contributed by atoms with Crippen molar-refractivity contribution in [3.8, 4) is 0 Å². The zero-order chi connectivity index (χ0) is 11.8. The quantitative estimate of drug-likeness (QED) is 0.786. The van der Waals surface area contributed by atoms with Gasteiger partial charge in [-0.2, -0.15) is 4.72 Å². The van der Waals surface area contributed by atoms with E-state index in [4.69, 9.17) is 0 Å². The molecule has 0 amide bonds. The molecule has 0 unspecified atom stereocenters. The first-order chi connectivity index (χ1) is 7.41. The van der Waals surface area contributed by atoms with Crippen LogP contribution >= 0.6 is 0 Å². The van der Waals surface area contributed by atoms with Crippen molar-refractivity contribution < 1.29 is 16.8 Å². The third kappa shape index (κ3) is 2.16. The summed E-state index contributed by atoms with van der Waals surface area (Å²) in [5, 5.41) is 0.751. The number of rotatable bonds is 1. The van der Waals surface area contributed by atoms with Crippen LogP contribution in [0.4, 0.5) is 0 Å². The molecule has 0 saturated heterocycles. The van der Waals surface area contributed by atoms with Crippen LogP contribution in [0.1, 0.15) is 5.56 Å². The highest BCUT2D eigenvalue weighted by molar-refractivity contribution is 8.04. The topological polar surface area (TPSA) is 80.3 Å². The van der Waals surface area contributed by atoms with E-state index < -0.39 is 25.7 Å². The number of sulfone groups is 1. The van der Waals surface area contributed by atoms with Crippen LogP contribution in [0.2, 0.25) is 0 Å². The van der Waals surface area contributed by atoms with Crippen molar-refractivity contribution in [1.82, 2.24) is 4.72 Å². The van der Waals surface area contributed by atoms with Crippen molar-refractivity contribution >= 4 is 24.8 Å². The van der Waals surface area contributed by atoms with Crippen LogP contribution in [-0.4, -0.2) is 22.7 Å². The van der Waals surface area contributed by atoms with E-state index in [0.29, 0.717) is 5.56 Å². The van der Waals surface area contributed by atoms with Crippen LogP contribution in [-0.2, 0) is 19.9 Å². The first-order valence-electron chi connectivity index (χ1n) is 4.40. The summed E-state index contributed by atoms with van der Waals surface area (Å²) in [5.41, 5.74) is 0.382. The molecule has 0 saturated carbocycles. The van der Waals surface area contributed by atoms with Gasteiger partial charge in [-0.15, -0.1) is 0 Å². The number of benzene rings is 1. The highest BCUT2D eigenvalue weighted by Crippen LogP contribution is 2.24. The Morgan fingerprint density at radius 2 is 1.62 bits per heavy atom. The van der Waals surface area contributed by atoms with E-state index in [-0.39, 0.29) is 4.91 Å². The van der Waals surface area contributed by atoms with Crippen molar-refractivity contribution in [2.45, 2.75) is 0 Å². The molecule has 1 aromatic carbocycles. The van der Waals surface area contributed by atoms with E-state index in [1.807, 2.05) is 4.72 Å². The molecule has 0 bridgehead atoms. The largest absolute Gasteiger partial charge is 0.235 e. The minimum absolute atomic E-state index is 0.160. The van der Waals surface area contributed by atoms with E-state index in [0.717, 1.165) is 5.41 Å². The molecule has 0 aliphatic carbocycles. The molecule has 7 heteroatoms. The van der Waals surface area contributed by atoms with Crippen LogP contribution in [0.5, 0.6) is 0 Å². The van der Waals surface area contributed by atoms with Gasteiger partial charge in [0, 0.05) is 0 Å². The monoisotopic (exact) mass is 259 g/mol. The van der Waals surface area contributed by atoms with E-state index >= 15 is 0 Å². The van der Waals surface area contributed by atoms with Gasteiger partial charge in [0.05, 0.1) is 10.3 Å². The van der Waals surface area contributed by atoms with Gasteiger partial charge < -0.3 is 0 Å². The highest BCUT2D eigenvalue weighted by Gasteiger charge is 2.28. The Morgan fingerprint density at radius 3 is 2.25 bits per heavy atom. The molecule has 1 aromatic rings. The molecule has 0 fully saturated rings. The zero-order valence-electron chi connectivity index (χ0n) is 8.12. The summed E-state index contributed by atoms with van der Waals surface area (Å²) < 4.78 is 47.8. The van der Waals surface area contributed by atoms with Gasteiger partial charge in [0.2, 0.25) is 10.0 Å². The molecular weight excluding hydrogens is 250 g/mol. The van der Waals surface area contributed by atoms with Crippen molar-refractivity contribution in [2.75, 3.05) is 5.88 Å². The van der Waals surface area contributed by atoms with Gasteiger partial charge in [-0.1, -0.05) is 30.3 Å². The molecule has 1 aliphatic heterocycles. The molecular formula is C9H9NO4S2. The van der Waals surface area contributed by atoms with Gasteiger partial charge in [-0.05, 0) is 5.56 Å². The normalized spacial score (nSPS) is 22.4. The maximum atomic E-state index is 11.7. The summed E-state index contributed by atoms with van der Waals surface area (Å²) in [6, 6.07) is 8.15. The molecule has 0 spiro atoms. The minimum Gasteiger partial charge on any atom is -0.222 e. The second kappa shape index (κ2) is 3.69. The molecule has 2 rings (SSSR count). The molecule has 0 radical (unpaired) electrons. The third-order valence-corrected chi connectivity index (χ3v) is 5.08. The molecule has 5 nitrogen and oxygen atoms in total. The lowest BCUT2D eigenvalue weighted by Gasteiger charge is -2.14. The van der Waals surface area contributed by atoms with Crippen molar-refractivity contribution in [2.24, 2.45) is 0 Å². The Balaban J connectivity index is 2.66. The predicted molar refractivity (Wildman–Crippen MR) is 60.3 cm³/mol. The smallest absolute Gasteiger partial charge is 0.222 e. The second-order valence-electron chi connectivity index (χ2n) is 3.30. The minimum atomic E-state index is -3.64. The van der Waals surface area contributed by atoms with Crippen molar-refractivity contribution in [3.63, 3.8) is 0 Å². The van der Waals surface area contributed by atoms with E-state index in [1.165, 1.54) is 0 Å². The lowest BCUT2D eigenvalue weighted by Crippen LogP contribution is -2.33. The maximum Gasteiger partial charge on any atom is 0.235 e. The molecule has 86 valence electrons. The molecule has 16 heavy (non-hydrogen) atoms. The number of hydrogen-bond acceptors (Lipinski definition) is 4. The van der Waals surface area contributed by atoms with Crippen molar-refractivity contribution in [3.05, 3.63) is 41.3 Å². The van der Waals surface area contributed by atoms with Crippen LogP contribution in [0.3, 0.4) is 0 Å². The number of nitrogens with one attached hydrogen (secondary N) is 1. The van der Waals surface area contributed by atoms with Gasteiger partial charge in [-0.25, -0.2) is 16.8 Å². The van der Waals surface area contributed by atoms with Gasteiger partial charge in [-0.3, -0.25) is 0 Å². The summed E-state index contributed by atoms with van der Waals surface area (Å²) in [5.74, 6) is -0.587. The maximum absolute atomic E-state index is 11.7. The Kier molecular flexibility index (Phi) is 2.61. The molecule has 1 N–H and O–H groups in total. The van der Waals surface area contributed by atoms with Crippen molar-refractivity contribution in [1.29, 1.82) is 0 Å². The van der Waals surface area contributed by atoms with Gasteiger partial charge >= 0.3 is 0 Å². The fourth-order valence-electron chi connectivity index (χ4n) is 1.34. The third-order valence-electron chi connectivity index (χ3n) is 2.11. The van der Waals surface area contributed by atoms with Gasteiger partial charge in [0.1, 0.15) is 5.88 Å². The summed E-state index contributed by atoms with van der Waals surface area (Å²) in [6.07, 6.45) is 0. The summed E-state index contributed by atoms with van der Waals surface area (Å²) in [7, 11) is -7.22. The first kappa shape index (κ1) is 11.3. The molecule has 1 heterocycles. The summed E-state index contributed by atoms with van der Waals surface area (Å²) in [6.45, 7) is 0. The first-order valence-corrected chi connectivity index (χ1v) is 7.60. The highest BCUT2D eigenvalue weighted by atomic mass is 32.2. The van der Waals surface area contributed by atoms with E-state index in [1.54, 1.807) is 30.3 Å². The number of hydrogen-bond donors (Lipinski definition) is 1. The van der Waals surface area contributed by atoms with E-state index in [9.17, 15) is 16.8 Å². The standard InChI is InChI=1S/C9H9NO4S2/c11-15(12)7-10-16(13,14)6-9(15)8-4-2-1-3-5-8/h1-6,10H,7H2. The lowest BCUT2D eigenvalue weighted by molar-refractivity contribution is 0.584. The summed E-state index contributed by atoms with van der Waals surface area (Å²) in [4.78, 5) is -0.160. The Labute approximate surface area is 93.8 Å². The van der Waals surface area contributed by atoms with Crippen LogP contribution < -0.4 is 4.72 Å². The molecule has 1 aliphatic rings. The molecule has 0 atom stereocenters. The number of sulfonamides is 1. The Bertz CT molecular complexity index is 629. The van der Waals surface area contributed by atoms with Crippen LogP contribution in [0, 0.1) is 0 Å².